The van der Waals surface area contributed by atoms with Gasteiger partial charge in [-0.2, -0.15) is 0 Å². The summed E-state index contributed by atoms with van der Waals surface area (Å²) >= 11 is 5.92. The van der Waals surface area contributed by atoms with Crippen molar-refractivity contribution >= 4 is 17.5 Å². The molecule has 5 heteroatoms. The van der Waals surface area contributed by atoms with E-state index in [0.717, 1.165) is 24.8 Å². The first kappa shape index (κ1) is 19.1. The van der Waals surface area contributed by atoms with Crippen LogP contribution in [0.2, 0.25) is 5.02 Å². The maximum absolute atomic E-state index is 12.1. The molecule has 1 aromatic carbocycles. The van der Waals surface area contributed by atoms with Crippen LogP contribution in [-0.2, 0) is 4.79 Å². The van der Waals surface area contributed by atoms with Crippen LogP contribution in [0, 0.1) is 11.8 Å². The number of ether oxygens (including phenoxy) is 1. The molecule has 0 aromatic heterocycles. The predicted molar refractivity (Wildman–Crippen MR) is 98.6 cm³/mol. The van der Waals surface area contributed by atoms with Gasteiger partial charge in [0.1, 0.15) is 5.75 Å². The SMILES string of the molecule is C[C@@H]1C[C@@H](C)CN(CCCNC(=O)[C@H](C)Oc2cccc(Cl)c2)C1. The molecule has 1 amide bonds. The van der Waals surface area contributed by atoms with Crippen molar-refractivity contribution in [2.75, 3.05) is 26.2 Å². The normalized spacial score (nSPS) is 22.8. The third-order valence-electron chi connectivity index (χ3n) is 4.37. The third-order valence-corrected chi connectivity index (χ3v) is 4.61. The highest BCUT2D eigenvalue weighted by Gasteiger charge is 2.21. The summed E-state index contributed by atoms with van der Waals surface area (Å²) in [6, 6.07) is 7.10. The molecule has 24 heavy (non-hydrogen) atoms. The summed E-state index contributed by atoms with van der Waals surface area (Å²) in [6.45, 7) is 10.5. The highest BCUT2D eigenvalue weighted by Crippen LogP contribution is 2.21. The van der Waals surface area contributed by atoms with Crippen molar-refractivity contribution in [2.45, 2.75) is 39.7 Å². The number of nitrogens with zero attached hydrogens (tertiary/aromatic N) is 1. The van der Waals surface area contributed by atoms with Gasteiger partial charge in [0.2, 0.25) is 0 Å². The van der Waals surface area contributed by atoms with Gasteiger partial charge in [-0.15, -0.1) is 0 Å². The van der Waals surface area contributed by atoms with Gasteiger partial charge in [0.25, 0.3) is 5.91 Å². The van der Waals surface area contributed by atoms with E-state index in [2.05, 4.69) is 24.1 Å². The number of hydrogen-bond donors (Lipinski definition) is 1. The smallest absolute Gasteiger partial charge is 0.260 e. The van der Waals surface area contributed by atoms with Gasteiger partial charge in [0.15, 0.2) is 6.10 Å². The molecule has 3 atom stereocenters. The van der Waals surface area contributed by atoms with Crippen molar-refractivity contribution in [3.8, 4) is 5.75 Å². The lowest BCUT2D eigenvalue weighted by Crippen LogP contribution is -2.41. The van der Waals surface area contributed by atoms with E-state index in [1.165, 1.54) is 19.5 Å². The Morgan fingerprint density at radius 2 is 2.08 bits per heavy atom. The fourth-order valence-corrected chi connectivity index (χ4v) is 3.61. The molecule has 0 bridgehead atoms. The van der Waals surface area contributed by atoms with Gasteiger partial charge in [-0.25, -0.2) is 0 Å². The van der Waals surface area contributed by atoms with Gasteiger partial charge in [-0.3, -0.25) is 4.79 Å². The van der Waals surface area contributed by atoms with E-state index in [1.807, 2.05) is 6.07 Å². The monoisotopic (exact) mass is 352 g/mol. The van der Waals surface area contributed by atoms with Gasteiger partial charge in [0.05, 0.1) is 0 Å². The molecular weight excluding hydrogens is 324 g/mol. The molecule has 1 aliphatic rings. The number of hydrogen-bond acceptors (Lipinski definition) is 3. The minimum Gasteiger partial charge on any atom is -0.481 e. The number of nitrogens with one attached hydrogen (secondary N) is 1. The van der Waals surface area contributed by atoms with Crippen LogP contribution in [0.25, 0.3) is 0 Å². The Hall–Kier alpha value is -1.26. The number of carbonyl (C=O) groups excluding carboxylic acids is 1. The molecule has 1 N–H and O–H groups in total. The fraction of sp³-hybridized carbons (Fsp3) is 0.632. The topological polar surface area (TPSA) is 41.6 Å². The van der Waals surface area contributed by atoms with Crippen LogP contribution in [0.3, 0.4) is 0 Å². The summed E-state index contributed by atoms with van der Waals surface area (Å²) in [5.74, 6) is 2.07. The van der Waals surface area contributed by atoms with Gasteiger partial charge in [-0.05, 0) is 56.3 Å². The second-order valence-corrected chi connectivity index (χ2v) is 7.50. The minimum absolute atomic E-state index is 0.0876. The number of rotatable bonds is 7. The standard InChI is InChI=1S/C19H29ClN2O2/c1-14-10-15(2)13-22(12-14)9-5-8-21-19(23)16(3)24-18-7-4-6-17(20)11-18/h4,6-7,11,14-16H,5,8-10,12-13H2,1-3H3,(H,21,23)/t14-,15-,16+/m1/s1. The summed E-state index contributed by atoms with van der Waals surface area (Å²) in [5.41, 5.74) is 0. The zero-order valence-corrected chi connectivity index (χ0v) is 15.7. The Labute approximate surface area is 150 Å². The molecule has 0 unspecified atom stereocenters. The quantitative estimate of drug-likeness (QED) is 0.762. The number of piperidine rings is 1. The lowest BCUT2D eigenvalue weighted by Gasteiger charge is -2.34. The molecule has 0 radical (unpaired) electrons. The largest absolute Gasteiger partial charge is 0.481 e. The van der Waals surface area contributed by atoms with Crippen LogP contribution in [0.5, 0.6) is 5.75 Å². The number of likely N-dealkylation sites (tertiary alicyclic amines) is 1. The average molecular weight is 353 g/mol. The first-order valence-electron chi connectivity index (χ1n) is 8.86. The van der Waals surface area contributed by atoms with Gasteiger partial charge in [-0.1, -0.05) is 31.5 Å². The van der Waals surface area contributed by atoms with Crippen LogP contribution in [0.1, 0.15) is 33.6 Å². The molecule has 0 spiro atoms. The lowest BCUT2D eigenvalue weighted by atomic mass is 9.92. The van der Waals surface area contributed by atoms with E-state index in [1.54, 1.807) is 25.1 Å². The Bertz CT molecular complexity index is 528. The molecule has 0 aliphatic carbocycles. The Kier molecular flexibility index (Phi) is 7.38. The minimum atomic E-state index is -0.529. The summed E-state index contributed by atoms with van der Waals surface area (Å²) in [5, 5.41) is 3.56. The zero-order chi connectivity index (χ0) is 17.5. The number of halogens is 1. The van der Waals surface area contributed by atoms with E-state index < -0.39 is 6.10 Å². The first-order valence-corrected chi connectivity index (χ1v) is 9.24. The first-order chi connectivity index (χ1) is 11.4. The summed E-state index contributed by atoms with van der Waals surface area (Å²) in [4.78, 5) is 14.6. The molecular formula is C19H29ClN2O2. The maximum atomic E-state index is 12.1. The Morgan fingerprint density at radius 3 is 2.75 bits per heavy atom. The van der Waals surface area contributed by atoms with Crippen LogP contribution >= 0.6 is 11.6 Å². The zero-order valence-electron chi connectivity index (χ0n) is 14.9. The van der Waals surface area contributed by atoms with Crippen molar-refractivity contribution < 1.29 is 9.53 Å². The van der Waals surface area contributed by atoms with Crippen molar-refractivity contribution in [1.29, 1.82) is 0 Å². The van der Waals surface area contributed by atoms with E-state index in [-0.39, 0.29) is 5.91 Å². The van der Waals surface area contributed by atoms with Crippen molar-refractivity contribution in [3.05, 3.63) is 29.3 Å². The third kappa shape index (κ3) is 6.33. The van der Waals surface area contributed by atoms with E-state index in [0.29, 0.717) is 17.3 Å². The molecule has 1 aliphatic heterocycles. The highest BCUT2D eigenvalue weighted by molar-refractivity contribution is 6.30. The molecule has 1 aromatic rings. The van der Waals surface area contributed by atoms with Crippen LogP contribution in [0.15, 0.2) is 24.3 Å². The second kappa shape index (κ2) is 9.28. The summed E-state index contributed by atoms with van der Waals surface area (Å²) < 4.78 is 5.63. The van der Waals surface area contributed by atoms with Crippen LogP contribution < -0.4 is 10.1 Å². The molecule has 134 valence electrons. The lowest BCUT2D eigenvalue weighted by molar-refractivity contribution is -0.127. The molecule has 4 nitrogen and oxygen atoms in total. The predicted octanol–water partition coefficient (Wildman–Crippen LogP) is 3.59. The molecule has 1 saturated heterocycles. The molecule has 1 fully saturated rings. The number of carbonyl (C=O) groups is 1. The van der Waals surface area contributed by atoms with Crippen LogP contribution in [0.4, 0.5) is 0 Å². The van der Waals surface area contributed by atoms with Gasteiger partial charge < -0.3 is 15.0 Å². The Morgan fingerprint density at radius 1 is 1.38 bits per heavy atom. The van der Waals surface area contributed by atoms with E-state index in [4.69, 9.17) is 16.3 Å². The summed E-state index contributed by atoms with van der Waals surface area (Å²) in [7, 11) is 0. The van der Waals surface area contributed by atoms with Crippen molar-refractivity contribution in [2.24, 2.45) is 11.8 Å². The second-order valence-electron chi connectivity index (χ2n) is 7.07. The molecule has 2 rings (SSSR count). The highest BCUT2D eigenvalue weighted by atomic mass is 35.5. The van der Waals surface area contributed by atoms with Crippen molar-refractivity contribution in [1.82, 2.24) is 10.2 Å². The number of amides is 1. The summed E-state index contributed by atoms with van der Waals surface area (Å²) in [6.07, 6.45) is 1.76. The van der Waals surface area contributed by atoms with Gasteiger partial charge >= 0.3 is 0 Å². The Balaban J connectivity index is 1.65. The van der Waals surface area contributed by atoms with Crippen molar-refractivity contribution in [3.63, 3.8) is 0 Å². The maximum Gasteiger partial charge on any atom is 0.260 e. The number of benzene rings is 1. The van der Waals surface area contributed by atoms with Crippen LogP contribution in [-0.4, -0.2) is 43.1 Å². The van der Waals surface area contributed by atoms with E-state index in [9.17, 15) is 4.79 Å². The molecule has 0 saturated carbocycles. The van der Waals surface area contributed by atoms with Gasteiger partial charge in [0, 0.05) is 24.7 Å². The van der Waals surface area contributed by atoms with E-state index >= 15 is 0 Å². The molecule has 1 heterocycles. The fourth-order valence-electron chi connectivity index (χ4n) is 3.43. The average Bonchev–Trinajstić information content (AvgIpc) is 2.50.